The Kier molecular flexibility index (Phi) is 4.30. The number of rotatable bonds is 6. The van der Waals surface area contributed by atoms with Crippen LogP contribution in [0, 0.1) is 0 Å². The summed E-state index contributed by atoms with van der Waals surface area (Å²) in [6.07, 6.45) is 0.197. The van der Waals surface area contributed by atoms with Crippen LogP contribution in [0.1, 0.15) is 20.3 Å². The Morgan fingerprint density at radius 2 is 2.28 bits per heavy atom. The standard InChI is InChI=1S/C9H16N2O6S/c1-6-3-7(10-17-6)4-18(15,16)11-9(2,5-12)8(13)14/h6,11-12H,3-5H2,1-2H3,(H,13,14). The summed E-state index contributed by atoms with van der Waals surface area (Å²) >= 11 is 0. The number of aliphatic hydroxyl groups excluding tert-OH is 1. The minimum absolute atomic E-state index is 0.182. The van der Waals surface area contributed by atoms with Gasteiger partial charge in [0.25, 0.3) is 0 Å². The molecule has 0 saturated carbocycles. The smallest absolute Gasteiger partial charge is 0.326 e. The van der Waals surface area contributed by atoms with E-state index in [0.717, 1.165) is 6.92 Å². The van der Waals surface area contributed by atoms with Crippen molar-refractivity contribution in [2.75, 3.05) is 12.4 Å². The zero-order chi connectivity index (χ0) is 14.0. The normalized spacial score (nSPS) is 23.1. The number of carbonyl (C=O) groups is 1. The maximum Gasteiger partial charge on any atom is 0.326 e. The Balaban J connectivity index is 2.73. The number of hydrogen-bond acceptors (Lipinski definition) is 6. The van der Waals surface area contributed by atoms with Crippen LogP contribution < -0.4 is 4.72 Å². The summed E-state index contributed by atoms with van der Waals surface area (Å²) in [5, 5.41) is 21.4. The summed E-state index contributed by atoms with van der Waals surface area (Å²) in [5.41, 5.74) is -1.62. The number of oxime groups is 1. The highest BCUT2D eigenvalue weighted by Gasteiger charge is 2.37. The molecule has 2 atom stereocenters. The second-order valence-corrected chi connectivity index (χ2v) is 6.16. The van der Waals surface area contributed by atoms with Crippen molar-refractivity contribution < 1.29 is 28.3 Å². The fourth-order valence-corrected chi connectivity index (χ4v) is 2.92. The Morgan fingerprint density at radius 1 is 1.67 bits per heavy atom. The predicted octanol–water partition coefficient (Wildman–Crippen LogP) is -1.09. The second-order valence-electron chi connectivity index (χ2n) is 4.43. The molecule has 2 unspecified atom stereocenters. The summed E-state index contributed by atoms with van der Waals surface area (Å²) in [6, 6.07) is 0. The molecule has 0 aromatic carbocycles. The van der Waals surface area contributed by atoms with E-state index in [4.69, 9.17) is 15.1 Å². The van der Waals surface area contributed by atoms with E-state index in [2.05, 4.69) is 5.16 Å². The molecule has 104 valence electrons. The molecule has 1 aliphatic rings. The van der Waals surface area contributed by atoms with Crippen LogP contribution in [0.15, 0.2) is 5.16 Å². The van der Waals surface area contributed by atoms with E-state index in [1.807, 2.05) is 4.72 Å². The highest BCUT2D eigenvalue weighted by molar-refractivity contribution is 7.90. The van der Waals surface area contributed by atoms with E-state index < -0.39 is 33.9 Å². The lowest BCUT2D eigenvalue weighted by Crippen LogP contribution is -2.55. The molecule has 9 heteroatoms. The third-order valence-corrected chi connectivity index (χ3v) is 3.89. The second kappa shape index (κ2) is 5.21. The Bertz CT molecular complexity index is 460. The Hall–Kier alpha value is -1.19. The first-order valence-electron chi connectivity index (χ1n) is 5.26. The molecular weight excluding hydrogens is 264 g/mol. The number of aliphatic carboxylic acids is 1. The maximum atomic E-state index is 11.8. The SMILES string of the molecule is CC1CC(CS(=O)(=O)NC(C)(CO)C(=O)O)=NO1. The lowest BCUT2D eigenvalue weighted by molar-refractivity contribution is -0.144. The van der Waals surface area contributed by atoms with Crippen molar-refractivity contribution >= 4 is 21.7 Å². The van der Waals surface area contributed by atoms with Gasteiger partial charge in [0, 0.05) is 6.42 Å². The van der Waals surface area contributed by atoms with Crippen LogP contribution in [0.3, 0.4) is 0 Å². The molecule has 0 fully saturated rings. The van der Waals surface area contributed by atoms with Crippen molar-refractivity contribution in [2.24, 2.45) is 5.16 Å². The van der Waals surface area contributed by atoms with Crippen molar-refractivity contribution in [3.8, 4) is 0 Å². The summed E-state index contributed by atoms with van der Waals surface area (Å²) < 4.78 is 25.4. The highest BCUT2D eigenvalue weighted by atomic mass is 32.2. The van der Waals surface area contributed by atoms with Gasteiger partial charge in [0.15, 0.2) is 0 Å². The third kappa shape index (κ3) is 3.65. The van der Waals surface area contributed by atoms with Gasteiger partial charge in [-0.1, -0.05) is 5.16 Å². The summed E-state index contributed by atoms with van der Waals surface area (Å²) in [6.45, 7) is 1.98. The van der Waals surface area contributed by atoms with Crippen molar-refractivity contribution in [1.82, 2.24) is 4.72 Å². The molecule has 0 radical (unpaired) electrons. The van der Waals surface area contributed by atoms with E-state index in [1.54, 1.807) is 6.92 Å². The van der Waals surface area contributed by atoms with Crippen molar-refractivity contribution in [2.45, 2.75) is 31.9 Å². The van der Waals surface area contributed by atoms with E-state index in [9.17, 15) is 13.2 Å². The minimum Gasteiger partial charge on any atom is -0.480 e. The molecule has 0 amide bonds. The van der Waals surface area contributed by atoms with E-state index in [-0.39, 0.29) is 6.10 Å². The van der Waals surface area contributed by atoms with Gasteiger partial charge in [-0.2, -0.15) is 4.72 Å². The van der Waals surface area contributed by atoms with Crippen LogP contribution in [0.5, 0.6) is 0 Å². The van der Waals surface area contributed by atoms with E-state index in [1.165, 1.54) is 0 Å². The molecule has 0 aromatic rings. The molecule has 1 heterocycles. The van der Waals surface area contributed by atoms with Gasteiger partial charge in [0.05, 0.1) is 12.3 Å². The molecule has 0 saturated heterocycles. The van der Waals surface area contributed by atoms with Crippen LogP contribution in [0.2, 0.25) is 0 Å². The number of hydrogen-bond donors (Lipinski definition) is 3. The van der Waals surface area contributed by atoms with Crippen LogP contribution in [-0.4, -0.2) is 54.3 Å². The highest BCUT2D eigenvalue weighted by Crippen LogP contribution is 2.12. The van der Waals surface area contributed by atoms with Gasteiger partial charge in [-0.15, -0.1) is 0 Å². The third-order valence-electron chi connectivity index (χ3n) is 2.41. The first-order chi connectivity index (χ1) is 8.18. The molecule has 0 aromatic heterocycles. The van der Waals surface area contributed by atoms with E-state index in [0.29, 0.717) is 12.1 Å². The molecule has 8 nitrogen and oxygen atoms in total. The molecule has 3 N–H and O–H groups in total. The number of carboxylic acid groups (broad SMARTS) is 1. The topological polar surface area (TPSA) is 125 Å². The zero-order valence-corrected chi connectivity index (χ0v) is 10.9. The quantitative estimate of drug-likeness (QED) is 0.567. The van der Waals surface area contributed by atoms with Gasteiger partial charge in [0.1, 0.15) is 17.4 Å². The van der Waals surface area contributed by atoms with Crippen molar-refractivity contribution in [1.29, 1.82) is 0 Å². The Labute approximate surface area is 105 Å². The first-order valence-corrected chi connectivity index (χ1v) is 6.91. The first kappa shape index (κ1) is 14.9. The fourth-order valence-electron chi connectivity index (χ4n) is 1.40. The average Bonchev–Trinajstić information content (AvgIpc) is 2.61. The molecule has 1 aliphatic heterocycles. The summed E-state index contributed by atoms with van der Waals surface area (Å²) in [7, 11) is -3.90. The maximum absolute atomic E-state index is 11.8. The average molecular weight is 280 g/mol. The van der Waals surface area contributed by atoms with Crippen LogP contribution >= 0.6 is 0 Å². The fraction of sp³-hybridized carbons (Fsp3) is 0.778. The summed E-state index contributed by atoms with van der Waals surface area (Å²) in [4.78, 5) is 15.7. The number of nitrogens with zero attached hydrogens (tertiary/aromatic N) is 1. The molecular formula is C9H16N2O6S. The largest absolute Gasteiger partial charge is 0.480 e. The van der Waals surface area contributed by atoms with Gasteiger partial charge in [-0.3, -0.25) is 4.79 Å². The zero-order valence-electron chi connectivity index (χ0n) is 10.1. The lowest BCUT2D eigenvalue weighted by atomic mass is 10.1. The molecule has 0 spiro atoms. The van der Waals surface area contributed by atoms with Crippen LogP contribution in [0.4, 0.5) is 0 Å². The van der Waals surface area contributed by atoms with E-state index >= 15 is 0 Å². The Morgan fingerprint density at radius 3 is 2.67 bits per heavy atom. The number of sulfonamides is 1. The van der Waals surface area contributed by atoms with Gasteiger partial charge in [0.2, 0.25) is 10.0 Å². The number of nitrogens with one attached hydrogen (secondary N) is 1. The number of carboxylic acids is 1. The summed E-state index contributed by atoms with van der Waals surface area (Å²) in [5.74, 6) is -1.90. The van der Waals surface area contributed by atoms with Gasteiger partial charge < -0.3 is 15.1 Å². The molecule has 1 rings (SSSR count). The monoisotopic (exact) mass is 280 g/mol. The van der Waals surface area contributed by atoms with Gasteiger partial charge >= 0.3 is 5.97 Å². The number of aliphatic hydroxyl groups is 1. The van der Waals surface area contributed by atoms with Gasteiger partial charge in [-0.05, 0) is 13.8 Å². The predicted molar refractivity (Wildman–Crippen MR) is 62.6 cm³/mol. The van der Waals surface area contributed by atoms with Gasteiger partial charge in [-0.25, -0.2) is 8.42 Å². The van der Waals surface area contributed by atoms with Crippen LogP contribution in [0.25, 0.3) is 0 Å². The molecule has 0 aliphatic carbocycles. The van der Waals surface area contributed by atoms with Crippen LogP contribution in [-0.2, 0) is 19.7 Å². The van der Waals surface area contributed by atoms with Crippen molar-refractivity contribution in [3.05, 3.63) is 0 Å². The lowest BCUT2D eigenvalue weighted by Gasteiger charge is -2.23. The van der Waals surface area contributed by atoms with Crippen molar-refractivity contribution in [3.63, 3.8) is 0 Å². The molecule has 0 bridgehead atoms. The molecule has 18 heavy (non-hydrogen) atoms. The minimum atomic E-state index is -3.90.